The maximum absolute atomic E-state index is 12.6. The number of hydrogen-bond donors (Lipinski definition) is 1. The minimum Gasteiger partial charge on any atom is -0.481 e. The van der Waals surface area contributed by atoms with Gasteiger partial charge in [-0.25, -0.2) is 8.42 Å². The smallest absolute Gasteiger partial charge is 0.303 e. The van der Waals surface area contributed by atoms with Crippen molar-refractivity contribution < 1.29 is 23.1 Å². The molecule has 1 saturated heterocycles. The van der Waals surface area contributed by atoms with Gasteiger partial charge in [0.1, 0.15) is 0 Å². The molecule has 2 rings (SSSR count). The van der Waals surface area contributed by atoms with E-state index in [9.17, 15) is 18.0 Å². The van der Waals surface area contributed by atoms with Crippen molar-refractivity contribution in [3.8, 4) is 0 Å². The number of carbonyl (C=O) groups is 2. The fourth-order valence-electron chi connectivity index (χ4n) is 2.87. The van der Waals surface area contributed by atoms with E-state index < -0.39 is 15.8 Å². The van der Waals surface area contributed by atoms with Gasteiger partial charge in [-0.05, 0) is 49.9 Å². The number of carboxylic acids is 1. The first-order valence-corrected chi connectivity index (χ1v) is 9.51. The van der Waals surface area contributed by atoms with Crippen molar-refractivity contribution in [1.29, 1.82) is 0 Å². The van der Waals surface area contributed by atoms with Crippen LogP contribution < -0.4 is 0 Å². The molecule has 0 saturated carbocycles. The summed E-state index contributed by atoms with van der Waals surface area (Å²) in [5.41, 5.74) is 0.430. The van der Waals surface area contributed by atoms with Gasteiger partial charge in [-0.1, -0.05) is 0 Å². The SMILES string of the molecule is CS(=O)(=O)c1ccc(C(=O)N2CCCCC2CCC(=O)O)cc1. The molecule has 1 aromatic rings. The van der Waals surface area contributed by atoms with E-state index >= 15 is 0 Å². The highest BCUT2D eigenvalue weighted by atomic mass is 32.2. The molecule has 6 nitrogen and oxygen atoms in total. The van der Waals surface area contributed by atoms with Crippen LogP contribution in [0.1, 0.15) is 42.5 Å². The lowest BCUT2D eigenvalue weighted by Gasteiger charge is -2.35. The van der Waals surface area contributed by atoms with Gasteiger partial charge in [-0.3, -0.25) is 9.59 Å². The average Bonchev–Trinajstić information content (AvgIpc) is 2.52. The standard InChI is InChI=1S/C16H21NO5S/c1-23(21,22)14-8-5-12(6-9-14)16(20)17-11-3-2-4-13(17)7-10-15(18)19/h5-6,8-9,13H,2-4,7,10-11H2,1H3,(H,18,19). The zero-order valence-corrected chi connectivity index (χ0v) is 13.9. The summed E-state index contributed by atoms with van der Waals surface area (Å²) in [5, 5.41) is 8.83. The topological polar surface area (TPSA) is 91.8 Å². The summed E-state index contributed by atoms with van der Waals surface area (Å²) in [6, 6.07) is 5.82. The van der Waals surface area contributed by atoms with E-state index in [2.05, 4.69) is 0 Å². The number of aliphatic carboxylic acids is 1. The van der Waals surface area contributed by atoms with Crippen molar-refractivity contribution in [3.63, 3.8) is 0 Å². The highest BCUT2D eigenvalue weighted by molar-refractivity contribution is 7.90. The van der Waals surface area contributed by atoms with E-state index in [1.807, 2.05) is 0 Å². The Labute approximate surface area is 136 Å². The maximum atomic E-state index is 12.6. The molecule has 0 spiro atoms. The number of carbonyl (C=O) groups excluding carboxylic acids is 1. The van der Waals surface area contributed by atoms with Crippen LogP contribution in [-0.4, -0.2) is 49.1 Å². The highest BCUT2D eigenvalue weighted by Crippen LogP contribution is 2.23. The van der Waals surface area contributed by atoms with Crippen LogP contribution >= 0.6 is 0 Å². The van der Waals surface area contributed by atoms with Gasteiger partial charge in [0.05, 0.1) is 4.90 Å². The predicted molar refractivity (Wildman–Crippen MR) is 85.1 cm³/mol. The number of benzene rings is 1. The van der Waals surface area contributed by atoms with Crippen LogP contribution in [0.3, 0.4) is 0 Å². The maximum Gasteiger partial charge on any atom is 0.303 e. The molecule has 1 unspecified atom stereocenters. The molecule has 1 N–H and O–H groups in total. The number of rotatable bonds is 5. The number of piperidine rings is 1. The third-order valence-electron chi connectivity index (χ3n) is 4.11. The van der Waals surface area contributed by atoms with Crippen molar-refractivity contribution in [3.05, 3.63) is 29.8 Å². The Morgan fingerprint density at radius 3 is 2.43 bits per heavy atom. The minimum absolute atomic E-state index is 0.0431. The Hall–Kier alpha value is -1.89. The van der Waals surface area contributed by atoms with Crippen molar-refractivity contribution >= 4 is 21.7 Å². The third-order valence-corrected chi connectivity index (χ3v) is 5.24. The van der Waals surface area contributed by atoms with Crippen molar-refractivity contribution in [2.45, 2.75) is 43.0 Å². The first kappa shape index (κ1) is 17.5. The zero-order valence-electron chi connectivity index (χ0n) is 13.1. The quantitative estimate of drug-likeness (QED) is 0.885. The number of amides is 1. The van der Waals surface area contributed by atoms with Gasteiger partial charge in [-0.15, -0.1) is 0 Å². The number of carboxylic acid groups (broad SMARTS) is 1. The molecule has 1 aromatic carbocycles. The average molecular weight is 339 g/mol. The van der Waals surface area contributed by atoms with Gasteiger partial charge < -0.3 is 10.0 Å². The summed E-state index contributed by atoms with van der Waals surface area (Å²) < 4.78 is 22.9. The van der Waals surface area contributed by atoms with E-state index in [-0.39, 0.29) is 23.3 Å². The predicted octanol–water partition coefficient (Wildman–Crippen LogP) is 1.95. The van der Waals surface area contributed by atoms with Crippen LogP contribution in [0.15, 0.2) is 29.2 Å². The summed E-state index contributed by atoms with van der Waals surface area (Å²) in [4.78, 5) is 25.3. The van der Waals surface area contributed by atoms with E-state index in [0.717, 1.165) is 25.5 Å². The van der Waals surface area contributed by atoms with Crippen LogP contribution in [0.25, 0.3) is 0 Å². The van der Waals surface area contributed by atoms with Gasteiger partial charge in [0, 0.05) is 30.8 Å². The summed E-state index contributed by atoms with van der Waals surface area (Å²) in [7, 11) is -3.29. The monoisotopic (exact) mass is 339 g/mol. The lowest BCUT2D eigenvalue weighted by Crippen LogP contribution is -2.44. The second-order valence-electron chi connectivity index (χ2n) is 5.88. The van der Waals surface area contributed by atoms with Crippen LogP contribution in [0, 0.1) is 0 Å². The normalized spacial score (nSPS) is 18.7. The van der Waals surface area contributed by atoms with Crippen molar-refractivity contribution in [2.75, 3.05) is 12.8 Å². The Balaban J connectivity index is 2.14. The number of likely N-dealkylation sites (tertiary alicyclic amines) is 1. The van der Waals surface area contributed by atoms with Gasteiger partial charge >= 0.3 is 5.97 Å². The number of sulfone groups is 1. The fraction of sp³-hybridized carbons (Fsp3) is 0.500. The molecular weight excluding hydrogens is 318 g/mol. The Morgan fingerprint density at radius 2 is 1.87 bits per heavy atom. The molecule has 126 valence electrons. The molecule has 0 radical (unpaired) electrons. The van der Waals surface area contributed by atoms with Gasteiger partial charge in [0.15, 0.2) is 9.84 Å². The lowest BCUT2D eigenvalue weighted by atomic mass is 9.97. The lowest BCUT2D eigenvalue weighted by molar-refractivity contribution is -0.137. The Kier molecular flexibility index (Phi) is 5.41. The van der Waals surface area contributed by atoms with Gasteiger partial charge in [0.25, 0.3) is 5.91 Å². The molecule has 1 fully saturated rings. The molecule has 1 aliphatic rings. The number of hydrogen-bond acceptors (Lipinski definition) is 4. The fourth-order valence-corrected chi connectivity index (χ4v) is 3.50. The molecular formula is C16H21NO5S. The second kappa shape index (κ2) is 7.12. The van der Waals surface area contributed by atoms with E-state index in [0.29, 0.717) is 18.5 Å². The molecule has 0 bridgehead atoms. The zero-order chi connectivity index (χ0) is 17.0. The Morgan fingerprint density at radius 1 is 1.22 bits per heavy atom. The Bertz CT molecular complexity index is 681. The molecule has 0 aromatic heterocycles. The van der Waals surface area contributed by atoms with Crippen LogP contribution in [0.2, 0.25) is 0 Å². The third kappa shape index (κ3) is 4.54. The van der Waals surface area contributed by atoms with E-state index in [4.69, 9.17) is 5.11 Å². The second-order valence-corrected chi connectivity index (χ2v) is 7.89. The summed E-state index contributed by atoms with van der Waals surface area (Å²) in [5.74, 6) is -1.03. The largest absolute Gasteiger partial charge is 0.481 e. The van der Waals surface area contributed by atoms with Crippen molar-refractivity contribution in [1.82, 2.24) is 4.90 Å². The van der Waals surface area contributed by atoms with Crippen molar-refractivity contribution in [2.24, 2.45) is 0 Å². The van der Waals surface area contributed by atoms with Crippen LogP contribution in [-0.2, 0) is 14.6 Å². The summed E-state index contributed by atoms with van der Waals surface area (Å²) in [6.07, 6.45) is 4.30. The molecule has 1 amide bonds. The first-order chi connectivity index (χ1) is 10.8. The molecule has 1 atom stereocenters. The molecule has 0 aliphatic carbocycles. The minimum atomic E-state index is -3.29. The summed E-state index contributed by atoms with van der Waals surface area (Å²) >= 11 is 0. The summed E-state index contributed by atoms with van der Waals surface area (Å²) in [6.45, 7) is 0.608. The highest BCUT2D eigenvalue weighted by Gasteiger charge is 2.27. The van der Waals surface area contributed by atoms with Gasteiger partial charge in [0.2, 0.25) is 0 Å². The molecule has 1 aliphatic heterocycles. The van der Waals surface area contributed by atoms with E-state index in [1.165, 1.54) is 24.3 Å². The molecule has 23 heavy (non-hydrogen) atoms. The first-order valence-electron chi connectivity index (χ1n) is 7.62. The molecule has 1 heterocycles. The van der Waals surface area contributed by atoms with E-state index in [1.54, 1.807) is 4.90 Å². The van der Waals surface area contributed by atoms with Crippen LogP contribution in [0.4, 0.5) is 0 Å². The van der Waals surface area contributed by atoms with Crippen LogP contribution in [0.5, 0.6) is 0 Å². The molecule has 7 heteroatoms. The van der Waals surface area contributed by atoms with Gasteiger partial charge in [-0.2, -0.15) is 0 Å². The number of nitrogens with zero attached hydrogens (tertiary/aromatic N) is 1.